The molecule has 8 heteroatoms. The van der Waals surface area contributed by atoms with E-state index in [4.69, 9.17) is 0 Å². The number of aliphatic carboxylic acids is 1. The van der Waals surface area contributed by atoms with Gasteiger partial charge < -0.3 is 10.4 Å². The SMILES string of the molecule is O=C(Cc1ccc(F)cc1)N[C@H](Cc1ccccc1C(F)(F)F)C(=O)O. The molecule has 2 aromatic rings. The van der Waals surface area contributed by atoms with Gasteiger partial charge in [-0.2, -0.15) is 13.2 Å². The maximum Gasteiger partial charge on any atom is 0.416 e. The molecule has 2 aromatic carbocycles. The van der Waals surface area contributed by atoms with Crippen LogP contribution in [0.4, 0.5) is 17.6 Å². The van der Waals surface area contributed by atoms with Crippen molar-refractivity contribution < 1.29 is 32.3 Å². The Morgan fingerprint density at radius 3 is 2.23 bits per heavy atom. The van der Waals surface area contributed by atoms with Gasteiger partial charge in [0.1, 0.15) is 11.9 Å². The van der Waals surface area contributed by atoms with Crippen molar-refractivity contribution in [2.24, 2.45) is 0 Å². The smallest absolute Gasteiger partial charge is 0.416 e. The van der Waals surface area contributed by atoms with Crippen molar-refractivity contribution in [3.8, 4) is 0 Å². The maximum atomic E-state index is 13.0. The van der Waals surface area contributed by atoms with Gasteiger partial charge in [-0.25, -0.2) is 9.18 Å². The molecule has 0 saturated carbocycles. The van der Waals surface area contributed by atoms with E-state index < -0.39 is 41.9 Å². The number of nitrogens with one attached hydrogen (secondary N) is 1. The van der Waals surface area contributed by atoms with Crippen LogP contribution in [-0.4, -0.2) is 23.0 Å². The summed E-state index contributed by atoms with van der Waals surface area (Å²) < 4.78 is 51.9. The highest BCUT2D eigenvalue weighted by Crippen LogP contribution is 2.32. The fourth-order valence-electron chi connectivity index (χ4n) is 2.43. The molecule has 0 aliphatic rings. The molecule has 0 fully saturated rings. The van der Waals surface area contributed by atoms with E-state index in [1.807, 2.05) is 0 Å². The summed E-state index contributed by atoms with van der Waals surface area (Å²) >= 11 is 0. The van der Waals surface area contributed by atoms with Crippen LogP contribution < -0.4 is 5.32 Å². The standard InChI is InChI=1S/C18H15F4NO3/c19-13-7-5-11(6-8-13)9-16(24)23-15(17(25)26)10-12-3-1-2-4-14(12)18(20,21)22/h1-8,15H,9-10H2,(H,23,24)(H,25,26)/t15-/m1/s1. The summed E-state index contributed by atoms with van der Waals surface area (Å²) in [5.41, 5.74) is -0.725. The summed E-state index contributed by atoms with van der Waals surface area (Å²) in [6, 6.07) is 8.10. The molecule has 138 valence electrons. The largest absolute Gasteiger partial charge is 0.480 e. The average molecular weight is 369 g/mol. The summed E-state index contributed by atoms with van der Waals surface area (Å²) in [6.07, 6.45) is -5.36. The third-order valence-electron chi connectivity index (χ3n) is 3.66. The van der Waals surface area contributed by atoms with Gasteiger partial charge in [0.15, 0.2) is 0 Å². The second kappa shape index (κ2) is 7.99. The van der Waals surface area contributed by atoms with Gasteiger partial charge >= 0.3 is 12.1 Å². The summed E-state index contributed by atoms with van der Waals surface area (Å²) in [5, 5.41) is 11.4. The minimum atomic E-state index is -4.63. The predicted octanol–water partition coefficient (Wildman–Crippen LogP) is 3.20. The Labute approximate surface area is 146 Å². The van der Waals surface area contributed by atoms with Crippen LogP contribution in [0.3, 0.4) is 0 Å². The molecular weight excluding hydrogens is 354 g/mol. The number of hydrogen-bond donors (Lipinski definition) is 2. The lowest BCUT2D eigenvalue weighted by Crippen LogP contribution is -2.43. The van der Waals surface area contributed by atoms with Gasteiger partial charge in [-0.3, -0.25) is 4.79 Å². The van der Waals surface area contributed by atoms with E-state index in [1.165, 1.54) is 30.3 Å². The van der Waals surface area contributed by atoms with Crippen molar-refractivity contribution in [2.75, 3.05) is 0 Å². The molecule has 1 amide bonds. The number of carboxylic acid groups (broad SMARTS) is 1. The van der Waals surface area contributed by atoms with Crippen LogP contribution in [0.25, 0.3) is 0 Å². The summed E-state index contributed by atoms with van der Waals surface area (Å²) in [5.74, 6) is -2.62. The van der Waals surface area contributed by atoms with E-state index in [-0.39, 0.29) is 12.0 Å². The topological polar surface area (TPSA) is 66.4 Å². The third kappa shape index (κ3) is 5.30. The molecule has 2 N–H and O–H groups in total. The first-order chi connectivity index (χ1) is 12.2. The number of halogens is 4. The molecule has 0 spiro atoms. The first kappa shape index (κ1) is 19.4. The van der Waals surface area contributed by atoms with Crippen LogP contribution in [-0.2, 0) is 28.6 Å². The van der Waals surface area contributed by atoms with Crippen LogP contribution in [0.15, 0.2) is 48.5 Å². The molecule has 0 bridgehead atoms. The molecule has 0 aliphatic heterocycles. The fraction of sp³-hybridized carbons (Fsp3) is 0.222. The molecular formula is C18H15F4NO3. The monoisotopic (exact) mass is 369 g/mol. The molecule has 0 aromatic heterocycles. The lowest BCUT2D eigenvalue weighted by molar-refractivity contribution is -0.142. The van der Waals surface area contributed by atoms with E-state index in [0.29, 0.717) is 5.56 Å². The highest BCUT2D eigenvalue weighted by Gasteiger charge is 2.34. The van der Waals surface area contributed by atoms with Crippen molar-refractivity contribution in [3.05, 3.63) is 71.0 Å². The minimum Gasteiger partial charge on any atom is -0.480 e. The zero-order chi connectivity index (χ0) is 19.3. The maximum absolute atomic E-state index is 13.0. The van der Waals surface area contributed by atoms with Crippen molar-refractivity contribution >= 4 is 11.9 Å². The number of alkyl halides is 3. The first-order valence-corrected chi connectivity index (χ1v) is 7.58. The number of benzene rings is 2. The Morgan fingerprint density at radius 2 is 1.65 bits per heavy atom. The average Bonchev–Trinajstić information content (AvgIpc) is 2.56. The van der Waals surface area contributed by atoms with E-state index in [2.05, 4.69) is 5.32 Å². The second-order valence-corrected chi connectivity index (χ2v) is 5.62. The Hall–Kier alpha value is -2.90. The zero-order valence-electron chi connectivity index (χ0n) is 13.4. The highest BCUT2D eigenvalue weighted by molar-refractivity contribution is 5.85. The number of carboxylic acids is 1. The molecule has 2 rings (SSSR count). The number of rotatable bonds is 6. The molecule has 26 heavy (non-hydrogen) atoms. The lowest BCUT2D eigenvalue weighted by Gasteiger charge is -2.18. The van der Waals surface area contributed by atoms with Crippen molar-refractivity contribution in [1.82, 2.24) is 5.32 Å². The molecule has 0 saturated heterocycles. The van der Waals surface area contributed by atoms with Crippen LogP contribution in [0.5, 0.6) is 0 Å². The predicted molar refractivity (Wildman–Crippen MR) is 84.8 cm³/mol. The van der Waals surface area contributed by atoms with Gasteiger partial charge in [0, 0.05) is 6.42 Å². The minimum absolute atomic E-state index is 0.217. The van der Waals surface area contributed by atoms with E-state index in [1.54, 1.807) is 0 Å². The molecule has 0 aliphatic carbocycles. The Bertz CT molecular complexity index is 788. The van der Waals surface area contributed by atoms with Gasteiger partial charge in [0.2, 0.25) is 5.91 Å². The van der Waals surface area contributed by atoms with Crippen molar-refractivity contribution in [1.29, 1.82) is 0 Å². The van der Waals surface area contributed by atoms with E-state index >= 15 is 0 Å². The number of carbonyl (C=O) groups is 2. The second-order valence-electron chi connectivity index (χ2n) is 5.62. The summed E-state index contributed by atoms with van der Waals surface area (Å²) in [6.45, 7) is 0. The van der Waals surface area contributed by atoms with Crippen LogP contribution >= 0.6 is 0 Å². The van der Waals surface area contributed by atoms with Crippen LogP contribution in [0.1, 0.15) is 16.7 Å². The highest BCUT2D eigenvalue weighted by atomic mass is 19.4. The van der Waals surface area contributed by atoms with Gasteiger partial charge in [-0.15, -0.1) is 0 Å². The third-order valence-corrected chi connectivity index (χ3v) is 3.66. The Kier molecular flexibility index (Phi) is 5.97. The van der Waals surface area contributed by atoms with Gasteiger partial charge in [-0.1, -0.05) is 30.3 Å². The van der Waals surface area contributed by atoms with E-state index in [0.717, 1.165) is 18.2 Å². The van der Waals surface area contributed by atoms with Crippen LogP contribution in [0.2, 0.25) is 0 Å². The molecule has 0 radical (unpaired) electrons. The number of hydrogen-bond acceptors (Lipinski definition) is 2. The fourth-order valence-corrected chi connectivity index (χ4v) is 2.43. The molecule has 1 atom stereocenters. The van der Waals surface area contributed by atoms with Crippen LogP contribution in [0, 0.1) is 5.82 Å². The number of carbonyl (C=O) groups excluding carboxylic acids is 1. The first-order valence-electron chi connectivity index (χ1n) is 7.58. The van der Waals surface area contributed by atoms with E-state index in [9.17, 15) is 32.3 Å². The van der Waals surface area contributed by atoms with Gasteiger partial charge in [-0.05, 0) is 29.3 Å². The quantitative estimate of drug-likeness (QED) is 0.769. The molecule has 4 nitrogen and oxygen atoms in total. The van der Waals surface area contributed by atoms with Crippen molar-refractivity contribution in [3.63, 3.8) is 0 Å². The zero-order valence-corrected chi connectivity index (χ0v) is 13.4. The molecule has 0 heterocycles. The normalized spacial score (nSPS) is 12.5. The van der Waals surface area contributed by atoms with Gasteiger partial charge in [0.25, 0.3) is 0 Å². The lowest BCUT2D eigenvalue weighted by atomic mass is 9.99. The van der Waals surface area contributed by atoms with Crippen molar-refractivity contribution in [2.45, 2.75) is 25.1 Å². The molecule has 0 unspecified atom stereocenters. The van der Waals surface area contributed by atoms with Gasteiger partial charge in [0.05, 0.1) is 12.0 Å². The Balaban J connectivity index is 2.11. The number of amides is 1. The Morgan fingerprint density at radius 1 is 1.04 bits per heavy atom. The summed E-state index contributed by atoms with van der Waals surface area (Å²) in [4.78, 5) is 23.3. The summed E-state index contributed by atoms with van der Waals surface area (Å²) in [7, 11) is 0.